The van der Waals surface area contributed by atoms with Crippen molar-refractivity contribution in [2.75, 3.05) is 26.3 Å². The second-order valence-corrected chi connectivity index (χ2v) is 8.03. The molecule has 0 aromatic carbocycles. The predicted molar refractivity (Wildman–Crippen MR) is 101 cm³/mol. The number of pyridine rings is 1. The summed E-state index contributed by atoms with van der Waals surface area (Å²) >= 11 is 0. The molecule has 1 unspecified atom stereocenters. The van der Waals surface area contributed by atoms with Gasteiger partial charge in [0.05, 0.1) is 6.42 Å². The Morgan fingerprint density at radius 1 is 1.07 bits per heavy atom. The summed E-state index contributed by atoms with van der Waals surface area (Å²) in [6, 6.07) is 4.15. The van der Waals surface area contributed by atoms with Crippen LogP contribution in [-0.4, -0.2) is 65.0 Å². The molecule has 0 N–H and O–H groups in total. The molecule has 3 fully saturated rings. The number of amides is 2. The number of ether oxygens (including phenoxy) is 1. The van der Waals surface area contributed by atoms with E-state index < -0.39 is 0 Å². The van der Waals surface area contributed by atoms with Gasteiger partial charge in [-0.2, -0.15) is 0 Å². The van der Waals surface area contributed by atoms with Crippen molar-refractivity contribution in [3.05, 3.63) is 30.1 Å². The van der Waals surface area contributed by atoms with E-state index in [4.69, 9.17) is 4.74 Å². The molecule has 6 nitrogen and oxygen atoms in total. The van der Waals surface area contributed by atoms with Crippen molar-refractivity contribution in [2.45, 2.75) is 57.0 Å². The Morgan fingerprint density at radius 3 is 2.52 bits per heavy atom. The van der Waals surface area contributed by atoms with Crippen molar-refractivity contribution >= 4 is 11.8 Å². The maximum atomic E-state index is 13.3. The fourth-order valence-electron chi connectivity index (χ4n) is 4.41. The molecule has 4 rings (SSSR count). The summed E-state index contributed by atoms with van der Waals surface area (Å²) in [5, 5.41) is 0. The van der Waals surface area contributed by atoms with Crippen LogP contribution in [0.2, 0.25) is 0 Å². The lowest BCUT2D eigenvalue weighted by Gasteiger charge is -2.44. The zero-order valence-electron chi connectivity index (χ0n) is 15.9. The average molecular weight is 371 g/mol. The van der Waals surface area contributed by atoms with E-state index in [9.17, 15) is 9.59 Å². The van der Waals surface area contributed by atoms with E-state index in [1.807, 2.05) is 17.0 Å². The van der Waals surface area contributed by atoms with Crippen LogP contribution in [0.25, 0.3) is 0 Å². The fourth-order valence-corrected chi connectivity index (χ4v) is 4.41. The smallest absolute Gasteiger partial charge is 0.227 e. The highest BCUT2D eigenvalue weighted by atomic mass is 16.5. The van der Waals surface area contributed by atoms with Gasteiger partial charge in [-0.25, -0.2) is 0 Å². The SMILES string of the molecule is O=C(C1CC1)N1CCCC(N(C(=O)Cc2ccncc2)C2CCOCC2)C1. The monoisotopic (exact) mass is 371 g/mol. The standard InChI is InChI=1S/C21H29N3O3/c25-20(14-16-5-9-22-10-6-16)24(18-7-12-27-13-8-18)19-2-1-11-23(15-19)21(26)17-3-4-17/h5-6,9-10,17-19H,1-4,7-8,11-15H2. The van der Waals surface area contributed by atoms with Crippen molar-refractivity contribution in [2.24, 2.45) is 5.92 Å². The van der Waals surface area contributed by atoms with Crippen LogP contribution >= 0.6 is 0 Å². The normalized spacial score (nSPS) is 23.9. The van der Waals surface area contributed by atoms with Crippen LogP contribution in [-0.2, 0) is 20.7 Å². The number of carbonyl (C=O) groups is 2. The third-order valence-electron chi connectivity index (χ3n) is 6.01. The van der Waals surface area contributed by atoms with Gasteiger partial charge in [0.1, 0.15) is 0 Å². The van der Waals surface area contributed by atoms with Gasteiger partial charge in [0, 0.05) is 56.7 Å². The van der Waals surface area contributed by atoms with Crippen molar-refractivity contribution in [1.82, 2.24) is 14.8 Å². The molecule has 3 heterocycles. The van der Waals surface area contributed by atoms with Crippen LogP contribution in [0.15, 0.2) is 24.5 Å². The van der Waals surface area contributed by atoms with E-state index >= 15 is 0 Å². The molecule has 3 aliphatic rings. The highest BCUT2D eigenvalue weighted by Gasteiger charge is 2.39. The molecular formula is C21H29N3O3. The number of likely N-dealkylation sites (tertiary alicyclic amines) is 1. The minimum atomic E-state index is 0.124. The molecule has 0 radical (unpaired) electrons. The summed E-state index contributed by atoms with van der Waals surface area (Å²) in [5.41, 5.74) is 0.994. The van der Waals surface area contributed by atoms with Gasteiger partial charge in [-0.05, 0) is 56.2 Å². The van der Waals surface area contributed by atoms with Crippen molar-refractivity contribution in [3.8, 4) is 0 Å². The Morgan fingerprint density at radius 2 is 1.81 bits per heavy atom. The van der Waals surface area contributed by atoms with Gasteiger partial charge in [-0.1, -0.05) is 0 Å². The zero-order valence-corrected chi connectivity index (χ0v) is 15.9. The van der Waals surface area contributed by atoms with Crippen molar-refractivity contribution in [3.63, 3.8) is 0 Å². The van der Waals surface area contributed by atoms with Crippen molar-refractivity contribution in [1.29, 1.82) is 0 Å². The highest BCUT2D eigenvalue weighted by Crippen LogP contribution is 2.33. The molecule has 1 saturated carbocycles. The number of aromatic nitrogens is 1. The predicted octanol–water partition coefficient (Wildman–Crippen LogP) is 2.03. The number of rotatable bonds is 5. The maximum absolute atomic E-state index is 13.3. The molecule has 1 aliphatic carbocycles. The minimum Gasteiger partial charge on any atom is -0.381 e. The fraction of sp³-hybridized carbons (Fsp3) is 0.667. The van der Waals surface area contributed by atoms with E-state index in [1.165, 1.54) is 0 Å². The summed E-state index contributed by atoms with van der Waals surface area (Å²) in [5.74, 6) is 0.708. The molecule has 0 bridgehead atoms. The van der Waals surface area contributed by atoms with Crippen LogP contribution in [0.4, 0.5) is 0 Å². The van der Waals surface area contributed by atoms with Gasteiger partial charge in [0.15, 0.2) is 0 Å². The quantitative estimate of drug-likeness (QED) is 0.795. The first-order valence-corrected chi connectivity index (χ1v) is 10.3. The molecule has 2 saturated heterocycles. The Hall–Kier alpha value is -1.95. The molecule has 0 spiro atoms. The lowest BCUT2D eigenvalue weighted by molar-refractivity contribution is -0.144. The van der Waals surface area contributed by atoms with Crippen LogP contribution in [0, 0.1) is 5.92 Å². The average Bonchev–Trinajstić information content (AvgIpc) is 3.55. The van der Waals surface area contributed by atoms with E-state index in [2.05, 4.69) is 9.88 Å². The Labute approximate surface area is 160 Å². The zero-order chi connectivity index (χ0) is 18.6. The molecular weight excluding hydrogens is 342 g/mol. The van der Waals surface area contributed by atoms with Gasteiger partial charge in [0.25, 0.3) is 0 Å². The van der Waals surface area contributed by atoms with Gasteiger partial charge < -0.3 is 14.5 Å². The summed E-state index contributed by atoms with van der Waals surface area (Å²) in [6.07, 6.45) is 9.65. The second-order valence-electron chi connectivity index (χ2n) is 8.03. The largest absolute Gasteiger partial charge is 0.381 e. The number of carbonyl (C=O) groups excluding carboxylic acids is 2. The summed E-state index contributed by atoms with van der Waals surface area (Å²) in [7, 11) is 0. The van der Waals surface area contributed by atoms with Gasteiger partial charge >= 0.3 is 0 Å². The number of hydrogen-bond acceptors (Lipinski definition) is 4. The number of nitrogens with zero attached hydrogens (tertiary/aromatic N) is 3. The van der Waals surface area contributed by atoms with Gasteiger partial charge in [-0.15, -0.1) is 0 Å². The molecule has 2 aliphatic heterocycles. The molecule has 146 valence electrons. The van der Waals surface area contributed by atoms with Crippen LogP contribution in [0.5, 0.6) is 0 Å². The lowest BCUT2D eigenvalue weighted by atomic mass is 9.97. The molecule has 1 aromatic heterocycles. The first-order chi connectivity index (χ1) is 13.2. The first kappa shape index (κ1) is 18.4. The highest BCUT2D eigenvalue weighted by molar-refractivity contribution is 5.82. The van der Waals surface area contributed by atoms with Gasteiger partial charge in [-0.3, -0.25) is 14.6 Å². The topological polar surface area (TPSA) is 62.7 Å². The summed E-state index contributed by atoms with van der Waals surface area (Å²) < 4.78 is 5.52. The first-order valence-electron chi connectivity index (χ1n) is 10.3. The summed E-state index contributed by atoms with van der Waals surface area (Å²) in [6.45, 7) is 2.95. The van der Waals surface area contributed by atoms with E-state index in [0.717, 1.165) is 50.6 Å². The maximum Gasteiger partial charge on any atom is 0.227 e. The van der Waals surface area contributed by atoms with E-state index in [0.29, 0.717) is 32.1 Å². The number of piperidine rings is 1. The minimum absolute atomic E-state index is 0.124. The molecule has 1 atom stereocenters. The molecule has 2 amide bonds. The third kappa shape index (κ3) is 4.49. The van der Waals surface area contributed by atoms with Crippen LogP contribution in [0.3, 0.4) is 0 Å². The molecule has 1 aromatic rings. The lowest BCUT2D eigenvalue weighted by Crippen LogP contribution is -2.56. The van der Waals surface area contributed by atoms with Crippen LogP contribution < -0.4 is 0 Å². The van der Waals surface area contributed by atoms with Gasteiger partial charge in [0.2, 0.25) is 11.8 Å². The molecule has 27 heavy (non-hydrogen) atoms. The van der Waals surface area contributed by atoms with Crippen LogP contribution in [0.1, 0.15) is 44.1 Å². The van der Waals surface area contributed by atoms with Crippen molar-refractivity contribution < 1.29 is 14.3 Å². The van der Waals surface area contributed by atoms with E-state index in [1.54, 1.807) is 12.4 Å². The number of hydrogen-bond donors (Lipinski definition) is 0. The Bertz CT molecular complexity index is 656. The Kier molecular flexibility index (Phi) is 5.72. The third-order valence-corrected chi connectivity index (χ3v) is 6.01. The summed E-state index contributed by atoms with van der Waals surface area (Å²) in [4.78, 5) is 34.0. The Balaban J connectivity index is 1.49. The molecule has 6 heteroatoms. The second kappa shape index (κ2) is 8.38. The van der Waals surface area contributed by atoms with E-state index in [-0.39, 0.29) is 23.9 Å².